The first-order chi connectivity index (χ1) is 10.1. The number of aromatic nitrogens is 2. The van der Waals surface area contributed by atoms with Gasteiger partial charge >= 0.3 is 0 Å². The second kappa shape index (κ2) is 7.82. The van der Waals surface area contributed by atoms with Crippen molar-refractivity contribution in [1.82, 2.24) is 15.5 Å². The van der Waals surface area contributed by atoms with Crippen molar-refractivity contribution in [3.63, 3.8) is 0 Å². The van der Waals surface area contributed by atoms with Gasteiger partial charge in [0.05, 0.1) is 19.1 Å². The predicted octanol–water partition coefficient (Wildman–Crippen LogP) is 1.69. The van der Waals surface area contributed by atoms with E-state index in [-0.39, 0.29) is 17.9 Å². The number of carbonyl (C=O) groups excluding carboxylic acids is 1. The van der Waals surface area contributed by atoms with Crippen molar-refractivity contribution in [1.29, 1.82) is 0 Å². The number of rotatable bonds is 7. The zero-order valence-corrected chi connectivity index (χ0v) is 13.7. The van der Waals surface area contributed by atoms with Gasteiger partial charge in [-0.05, 0) is 18.9 Å². The van der Waals surface area contributed by atoms with Crippen LogP contribution < -0.4 is 10.6 Å². The van der Waals surface area contributed by atoms with E-state index < -0.39 is 0 Å². The summed E-state index contributed by atoms with van der Waals surface area (Å²) in [7, 11) is 0. The number of hydrogen-bond donors (Lipinski definition) is 2. The van der Waals surface area contributed by atoms with Crippen LogP contribution in [0.4, 0.5) is 5.13 Å². The average molecular weight is 312 g/mol. The molecule has 0 saturated carbocycles. The molecule has 2 heterocycles. The molecule has 2 N–H and O–H groups in total. The normalized spacial score (nSPS) is 21.9. The van der Waals surface area contributed by atoms with Crippen LogP contribution in [0, 0.1) is 11.8 Å². The van der Waals surface area contributed by atoms with Crippen molar-refractivity contribution in [2.45, 2.75) is 39.7 Å². The molecule has 2 unspecified atom stereocenters. The maximum Gasteiger partial charge on any atom is 0.233 e. The van der Waals surface area contributed by atoms with E-state index in [1.807, 2.05) is 0 Å². The third-order valence-electron chi connectivity index (χ3n) is 3.35. The number of amides is 1. The van der Waals surface area contributed by atoms with E-state index in [0.717, 1.165) is 24.4 Å². The smallest absolute Gasteiger partial charge is 0.233 e. The van der Waals surface area contributed by atoms with Gasteiger partial charge in [0.2, 0.25) is 11.0 Å². The maximum absolute atomic E-state index is 12.3. The van der Waals surface area contributed by atoms with E-state index in [0.29, 0.717) is 24.3 Å². The Morgan fingerprint density at radius 3 is 2.95 bits per heavy atom. The number of anilines is 1. The fourth-order valence-electron chi connectivity index (χ4n) is 2.28. The summed E-state index contributed by atoms with van der Waals surface area (Å²) in [4.78, 5) is 12.3. The number of nitrogens with one attached hydrogen (secondary N) is 2. The van der Waals surface area contributed by atoms with Crippen LogP contribution in [0.15, 0.2) is 0 Å². The third-order valence-corrected chi connectivity index (χ3v) is 4.21. The molecule has 0 radical (unpaired) electrons. The molecule has 0 aromatic carbocycles. The van der Waals surface area contributed by atoms with Crippen LogP contribution >= 0.6 is 11.3 Å². The molecule has 6 nitrogen and oxygen atoms in total. The van der Waals surface area contributed by atoms with Gasteiger partial charge in [0.25, 0.3) is 0 Å². The maximum atomic E-state index is 12.3. The number of hydrogen-bond acceptors (Lipinski definition) is 6. The Bertz CT molecular complexity index is 464. The Labute approximate surface area is 129 Å². The lowest BCUT2D eigenvalue weighted by atomic mass is 10.0. The van der Waals surface area contributed by atoms with Crippen molar-refractivity contribution in [2.24, 2.45) is 11.8 Å². The fraction of sp³-hybridized carbons (Fsp3) is 0.786. The molecular formula is C14H24N4O2S. The number of ether oxygens (including phenoxy) is 1. The van der Waals surface area contributed by atoms with Gasteiger partial charge in [0.15, 0.2) is 0 Å². The van der Waals surface area contributed by atoms with Crippen molar-refractivity contribution in [3.05, 3.63) is 5.01 Å². The first-order valence-corrected chi connectivity index (χ1v) is 8.36. The molecule has 1 aliphatic rings. The predicted molar refractivity (Wildman–Crippen MR) is 83.5 cm³/mol. The SMILES string of the molecule is CCCNC1COCC1C(=O)Nc1nnc(CC(C)C)s1. The second-order valence-electron chi connectivity index (χ2n) is 5.79. The van der Waals surface area contributed by atoms with Crippen molar-refractivity contribution < 1.29 is 9.53 Å². The standard InChI is InChI=1S/C14H24N4O2S/c1-4-5-15-11-8-20-7-10(11)13(19)16-14-18-17-12(21-14)6-9(2)3/h9-11,15H,4-8H2,1-3H3,(H,16,18,19). The molecule has 21 heavy (non-hydrogen) atoms. The molecule has 1 fully saturated rings. The van der Waals surface area contributed by atoms with Crippen LogP contribution in [0.2, 0.25) is 0 Å². The Morgan fingerprint density at radius 1 is 1.43 bits per heavy atom. The van der Waals surface area contributed by atoms with Crippen molar-refractivity contribution >= 4 is 22.4 Å². The summed E-state index contributed by atoms with van der Waals surface area (Å²) >= 11 is 1.45. The molecule has 1 amide bonds. The highest BCUT2D eigenvalue weighted by Crippen LogP contribution is 2.21. The van der Waals surface area contributed by atoms with Gasteiger partial charge in [-0.1, -0.05) is 32.1 Å². The quantitative estimate of drug-likeness (QED) is 0.801. The van der Waals surface area contributed by atoms with Gasteiger partial charge in [0, 0.05) is 12.5 Å². The molecule has 2 rings (SSSR count). The number of nitrogens with zero attached hydrogens (tertiary/aromatic N) is 2. The Morgan fingerprint density at radius 2 is 2.24 bits per heavy atom. The summed E-state index contributed by atoms with van der Waals surface area (Å²) in [6.45, 7) is 8.33. The Hall–Kier alpha value is -1.05. The highest BCUT2D eigenvalue weighted by molar-refractivity contribution is 7.15. The zero-order chi connectivity index (χ0) is 15.2. The Balaban J connectivity index is 1.89. The van der Waals surface area contributed by atoms with Gasteiger partial charge < -0.3 is 15.4 Å². The van der Waals surface area contributed by atoms with Crippen LogP contribution in [0.25, 0.3) is 0 Å². The molecule has 1 aromatic rings. The molecule has 7 heteroatoms. The van der Waals surface area contributed by atoms with E-state index in [9.17, 15) is 4.79 Å². The molecular weight excluding hydrogens is 288 g/mol. The molecule has 0 aliphatic carbocycles. The molecule has 2 atom stereocenters. The summed E-state index contributed by atoms with van der Waals surface area (Å²) in [6.07, 6.45) is 1.93. The minimum atomic E-state index is -0.158. The van der Waals surface area contributed by atoms with Crippen molar-refractivity contribution in [3.8, 4) is 0 Å². The summed E-state index contributed by atoms with van der Waals surface area (Å²) in [5, 5.41) is 15.9. The van der Waals surface area contributed by atoms with Crippen molar-refractivity contribution in [2.75, 3.05) is 25.1 Å². The van der Waals surface area contributed by atoms with Crippen LogP contribution in [0.5, 0.6) is 0 Å². The van der Waals surface area contributed by atoms with Crippen LogP contribution in [-0.4, -0.2) is 41.9 Å². The zero-order valence-electron chi connectivity index (χ0n) is 12.9. The van der Waals surface area contributed by atoms with E-state index in [2.05, 4.69) is 41.6 Å². The van der Waals surface area contributed by atoms with Gasteiger partial charge in [-0.3, -0.25) is 4.79 Å². The lowest BCUT2D eigenvalue weighted by molar-refractivity contribution is -0.120. The highest BCUT2D eigenvalue weighted by Gasteiger charge is 2.34. The lowest BCUT2D eigenvalue weighted by Crippen LogP contribution is -2.41. The topological polar surface area (TPSA) is 76.1 Å². The van der Waals surface area contributed by atoms with Crippen LogP contribution in [-0.2, 0) is 16.0 Å². The molecule has 118 valence electrons. The third kappa shape index (κ3) is 4.72. The minimum absolute atomic E-state index is 0.0339. The first-order valence-electron chi connectivity index (χ1n) is 7.54. The summed E-state index contributed by atoms with van der Waals surface area (Å²) < 4.78 is 5.43. The average Bonchev–Trinajstić information content (AvgIpc) is 3.05. The van der Waals surface area contributed by atoms with E-state index >= 15 is 0 Å². The van der Waals surface area contributed by atoms with Gasteiger partial charge in [0.1, 0.15) is 5.01 Å². The summed E-state index contributed by atoms with van der Waals surface area (Å²) in [5.41, 5.74) is 0. The second-order valence-corrected chi connectivity index (χ2v) is 6.85. The van der Waals surface area contributed by atoms with Gasteiger partial charge in [-0.15, -0.1) is 10.2 Å². The molecule has 0 spiro atoms. The fourth-order valence-corrected chi connectivity index (χ4v) is 3.23. The number of carbonyl (C=O) groups is 1. The lowest BCUT2D eigenvalue weighted by Gasteiger charge is -2.17. The molecule has 1 aromatic heterocycles. The van der Waals surface area contributed by atoms with E-state index in [1.165, 1.54) is 11.3 Å². The first kappa shape index (κ1) is 16.3. The largest absolute Gasteiger partial charge is 0.379 e. The minimum Gasteiger partial charge on any atom is -0.379 e. The molecule has 1 saturated heterocycles. The Kier molecular flexibility index (Phi) is 6.08. The summed E-state index contributed by atoms with van der Waals surface area (Å²) in [6, 6.07) is 0.0907. The van der Waals surface area contributed by atoms with Crippen LogP contribution in [0.1, 0.15) is 32.2 Å². The highest BCUT2D eigenvalue weighted by atomic mass is 32.1. The monoisotopic (exact) mass is 312 g/mol. The van der Waals surface area contributed by atoms with E-state index in [4.69, 9.17) is 4.74 Å². The van der Waals surface area contributed by atoms with Gasteiger partial charge in [-0.2, -0.15) is 0 Å². The van der Waals surface area contributed by atoms with Crippen LogP contribution in [0.3, 0.4) is 0 Å². The van der Waals surface area contributed by atoms with Gasteiger partial charge in [-0.25, -0.2) is 0 Å². The van der Waals surface area contributed by atoms with E-state index in [1.54, 1.807) is 0 Å². The molecule has 1 aliphatic heterocycles. The summed E-state index contributed by atoms with van der Waals surface area (Å²) in [5.74, 6) is 0.342. The molecule has 0 bridgehead atoms.